The second-order valence-electron chi connectivity index (χ2n) is 12.2. The smallest absolute Gasteiger partial charge is 0.328 e. The number of aliphatic hydroxyl groups excluding tert-OH is 1. The second-order valence-corrected chi connectivity index (χ2v) is 14.7. The Labute approximate surface area is 301 Å². The Bertz CT molecular complexity index is 1040. The quantitative estimate of drug-likeness (QED) is 0.0378. The molecule has 0 aliphatic carbocycles. The van der Waals surface area contributed by atoms with Gasteiger partial charge < -0.3 is 30.0 Å². The van der Waals surface area contributed by atoms with Gasteiger partial charge in [-0.05, 0) is 38.2 Å². The maximum Gasteiger partial charge on any atom is 0.328 e. The first-order valence-electron chi connectivity index (χ1n) is 17.2. The van der Waals surface area contributed by atoms with Crippen LogP contribution in [0.25, 0.3) is 0 Å². The van der Waals surface area contributed by atoms with E-state index in [1.54, 1.807) is 0 Å². The number of nitrogens with one attached hydrogen (secondary N) is 2. The molecule has 0 aliphatic rings. The van der Waals surface area contributed by atoms with Gasteiger partial charge in [0, 0.05) is 13.0 Å². The van der Waals surface area contributed by atoms with E-state index >= 15 is 0 Å². The molecule has 0 unspecified atom stereocenters. The van der Waals surface area contributed by atoms with E-state index in [9.17, 15) is 24.3 Å². The van der Waals surface area contributed by atoms with Crippen molar-refractivity contribution in [2.45, 2.75) is 145 Å². The highest BCUT2D eigenvalue weighted by molar-refractivity contribution is 6.67. The molecule has 10 nitrogen and oxygen atoms in total. The minimum Gasteiger partial charge on any atom is -0.461 e. The summed E-state index contributed by atoms with van der Waals surface area (Å²) in [4.78, 5) is 50.8. The minimum absolute atomic E-state index is 0.0130. The maximum absolute atomic E-state index is 13.4. The fourth-order valence-corrected chi connectivity index (χ4v) is 5.02. The van der Waals surface area contributed by atoms with Gasteiger partial charge in [-0.1, -0.05) is 136 Å². The number of amides is 2. The molecule has 0 aliphatic heterocycles. The van der Waals surface area contributed by atoms with Crippen LogP contribution in [0.5, 0.6) is 0 Å². The summed E-state index contributed by atoms with van der Waals surface area (Å²) in [6.45, 7) is 3.36. The molecule has 0 saturated carbocycles. The zero-order valence-electron chi connectivity index (χ0n) is 28.5. The van der Waals surface area contributed by atoms with Crippen LogP contribution in [0.3, 0.4) is 0 Å². The monoisotopic (exact) mass is 736 g/mol. The number of carbonyl (C=O) groups is 4. The highest BCUT2D eigenvalue weighted by Crippen LogP contribution is 2.26. The molecule has 1 aromatic rings. The molecule has 48 heavy (non-hydrogen) atoms. The first-order chi connectivity index (χ1) is 22.9. The van der Waals surface area contributed by atoms with Crippen molar-refractivity contribution in [2.24, 2.45) is 0 Å². The summed E-state index contributed by atoms with van der Waals surface area (Å²) in [6.07, 6.45) is 11.4. The number of esters is 3. The largest absolute Gasteiger partial charge is 0.461 e. The number of carbonyl (C=O) groups excluding carboxylic acids is 4. The lowest BCUT2D eigenvalue weighted by Crippen LogP contribution is -2.48. The van der Waals surface area contributed by atoms with E-state index in [2.05, 4.69) is 17.6 Å². The molecule has 274 valence electrons. The lowest BCUT2D eigenvalue weighted by atomic mass is 10.0. The van der Waals surface area contributed by atoms with Crippen molar-refractivity contribution in [3.63, 3.8) is 0 Å². The van der Waals surface area contributed by atoms with E-state index in [0.717, 1.165) is 24.8 Å². The molecule has 0 aromatic heterocycles. The van der Waals surface area contributed by atoms with Crippen LogP contribution >= 0.6 is 34.8 Å². The van der Waals surface area contributed by atoms with Crippen molar-refractivity contribution in [2.75, 3.05) is 13.2 Å². The first-order valence-corrected chi connectivity index (χ1v) is 18.4. The summed E-state index contributed by atoms with van der Waals surface area (Å²) in [5.41, 5.74) is 0.847. The van der Waals surface area contributed by atoms with Gasteiger partial charge in [0.1, 0.15) is 25.4 Å². The molecule has 3 atom stereocenters. The fraction of sp³-hybridized carbons (Fsp3) is 0.714. The molecule has 0 heterocycles. The van der Waals surface area contributed by atoms with Gasteiger partial charge >= 0.3 is 23.9 Å². The normalized spacial score (nSPS) is 13.2. The molecule has 1 aromatic carbocycles. The number of aliphatic hydroxyl groups is 1. The van der Waals surface area contributed by atoms with Crippen LogP contribution in [0, 0.1) is 0 Å². The van der Waals surface area contributed by atoms with Crippen LogP contribution in [-0.2, 0) is 35.2 Å². The topological polar surface area (TPSA) is 140 Å². The third-order valence-electron chi connectivity index (χ3n) is 7.47. The van der Waals surface area contributed by atoms with Gasteiger partial charge in [0.15, 0.2) is 0 Å². The molecule has 0 bridgehead atoms. The molecule has 0 radical (unpaired) electrons. The minimum atomic E-state index is -1.78. The van der Waals surface area contributed by atoms with Crippen LogP contribution in [0.1, 0.15) is 122 Å². The zero-order chi connectivity index (χ0) is 35.6. The maximum atomic E-state index is 13.4. The molecular formula is C35H55Cl3N2O8. The zero-order valence-corrected chi connectivity index (χ0v) is 30.8. The van der Waals surface area contributed by atoms with E-state index in [1.807, 2.05) is 30.3 Å². The average molecular weight is 738 g/mol. The van der Waals surface area contributed by atoms with Crippen LogP contribution in [0.2, 0.25) is 0 Å². The van der Waals surface area contributed by atoms with E-state index in [1.165, 1.54) is 51.9 Å². The number of urea groups is 1. The number of ether oxygens (including phenoxy) is 3. The predicted molar refractivity (Wildman–Crippen MR) is 189 cm³/mol. The average Bonchev–Trinajstić information content (AvgIpc) is 3.04. The number of benzene rings is 1. The summed E-state index contributed by atoms with van der Waals surface area (Å²) >= 11 is 17.1. The fourth-order valence-electron chi connectivity index (χ4n) is 4.85. The van der Waals surface area contributed by atoms with Crippen LogP contribution < -0.4 is 10.6 Å². The third-order valence-corrected chi connectivity index (χ3v) is 7.80. The molecule has 13 heteroatoms. The Balaban J connectivity index is 2.75. The Hall–Kier alpha value is -2.27. The van der Waals surface area contributed by atoms with Gasteiger partial charge in [0.2, 0.25) is 3.79 Å². The number of hydrogen-bond acceptors (Lipinski definition) is 8. The highest BCUT2D eigenvalue weighted by atomic mass is 35.6. The van der Waals surface area contributed by atoms with Crippen molar-refractivity contribution in [3.8, 4) is 0 Å². The van der Waals surface area contributed by atoms with Gasteiger partial charge in [0.25, 0.3) is 0 Å². The number of unbranched alkanes of at least 4 members (excludes halogenated alkanes) is 10. The lowest BCUT2D eigenvalue weighted by Gasteiger charge is -2.23. The van der Waals surface area contributed by atoms with Crippen LogP contribution in [0.15, 0.2) is 30.3 Å². The third kappa shape index (κ3) is 24.8. The van der Waals surface area contributed by atoms with Gasteiger partial charge in [-0.3, -0.25) is 9.59 Å². The van der Waals surface area contributed by atoms with Crippen molar-refractivity contribution < 1.29 is 38.5 Å². The standard InChI is InChI=1S/C35H55Cl3N2O8/c1-3-4-5-6-7-8-9-10-11-12-16-20-29(23-32(43)47-26-35(36,37)38)48-33(44)30(40-34(45)39-24-27(2)41)21-17-22-31(42)46-25-28-18-14-13-15-19-28/h13-15,18-19,27,29-30,41H,3-12,16-17,20-26H2,1-2H3,(H2,39,40,45)/t27-,29-,30-/m0/s1. The second kappa shape index (κ2) is 26.6. The van der Waals surface area contributed by atoms with Crippen LogP contribution in [0.4, 0.5) is 4.79 Å². The molecule has 3 N–H and O–H groups in total. The molecule has 0 saturated heterocycles. The van der Waals surface area contributed by atoms with Gasteiger partial charge in [-0.25, -0.2) is 9.59 Å². The summed E-state index contributed by atoms with van der Waals surface area (Å²) in [6, 6.07) is 7.43. The van der Waals surface area contributed by atoms with E-state index in [0.29, 0.717) is 12.8 Å². The Morgan fingerprint density at radius 2 is 1.42 bits per heavy atom. The highest BCUT2D eigenvalue weighted by Gasteiger charge is 2.28. The SMILES string of the molecule is CCCCCCCCCCCCC[C@@H](CC(=O)OCC(Cl)(Cl)Cl)OC(=O)[C@H](CCCC(=O)OCc1ccccc1)NC(=O)NC[C@H](C)O. The number of alkyl halides is 3. The number of halogens is 3. The summed E-state index contributed by atoms with van der Waals surface area (Å²) in [5.74, 6) is -1.90. The van der Waals surface area contributed by atoms with Crippen LogP contribution in [-0.4, -0.2) is 64.2 Å². The molecule has 2 amide bonds. The van der Waals surface area contributed by atoms with Crippen molar-refractivity contribution in [3.05, 3.63) is 35.9 Å². The summed E-state index contributed by atoms with van der Waals surface area (Å²) < 4.78 is 14.4. The molecule has 1 rings (SSSR count). The Kier molecular flexibility index (Phi) is 24.2. The summed E-state index contributed by atoms with van der Waals surface area (Å²) in [5, 5.41) is 14.6. The molecule has 0 fully saturated rings. The predicted octanol–water partition coefficient (Wildman–Crippen LogP) is 7.87. The summed E-state index contributed by atoms with van der Waals surface area (Å²) in [7, 11) is 0. The van der Waals surface area contributed by atoms with E-state index < -0.39 is 52.6 Å². The number of hydrogen-bond donors (Lipinski definition) is 3. The van der Waals surface area contributed by atoms with Gasteiger partial charge in [-0.15, -0.1) is 0 Å². The molecular weight excluding hydrogens is 683 g/mol. The van der Waals surface area contributed by atoms with Crippen molar-refractivity contribution in [1.29, 1.82) is 0 Å². The number of rotatable bonds is 26. The van der Waals surface area contributed by atoms with E-state index in [4.69, 9.17) is 49.0 Å². The Morgan fingerprint density at radius 1 is 0.812 bits per heavy atom. The Morgan fingerprint density at radius 3 is 2.00 bits per heavy atom. The van der Waals surface area contributed by atoms with E-state index in [-0.39, 0.29) is 38.8 Å². The van der Waals surface area contributed by atoms with Crippen molar-refractivity contribution >= 4 is 58.7 Å². The lowest BCUT2D eigenvalue weighted by molar-refractivity contribution is -0.157. The van der Waals surface area contributed by atoms with Gasteiger partial charge in [0.05, 0.1) is 12.5 Å². The molecule has 0 spiro atoms. The first kappa shape index (κ1) is 43.8. The van der Waals surface area contributed by atoms with Gasteiger partial charge in [-0.2, -0.15) is 0 Å². The van der Waals surface area contributed by atoms with Crippen molar-refractivity contribution in [1.82, 2.24) is 10.6 Å².